The van der Waals surface area contributed by atoms with Crippen LogP contribution >= 0.6 is 11.8 Å². The summed E-state index contributed by atoms with van der Waals surface area (Å²) in [4.78, 5) is 13.5. The van der Waals surface area contributed by atoms with Gasteiger partial charge in [0.05, 0.1) is 0 Å². The molecular formula is C15H18N4OS. The van der Waals surface area contributed by atoms with E-state index in [-0.39, 0.29) is 5.91 Å². The largest absolute Gasteiger partial charge is 0.342 e. The summed E-state index contributed by atoms with van der Waals surface area (Å²) >= 11 is 1.65. The van der Waals surface area contributed by atoms with Crippen molar-refractivity contribution >= 4 is 17.7 Å². The van der Waals surface area contributed by atoms with Gasteiger partial charge in [-0.15, -0.1) is 10.2 Å². The molecule has 1 fully saturated rings. The van der Waals surface area contributed by atoms with E-state index in [0.29, 0.717) is 6.42 Å². The Morgan fingerprint density at radius 2 is 2.05 bits per heavy atom. The summed E-state index contributed by atoms with van der Waals surface area (Å²) < 4.78 is 2.01. The Kier molecular flexibility index (Phi) is 4.24. The molecule has 1 saturated heterocycles. The number of amides is 1. The molecule has 3 rings (SSSR count). The Balaban J connectivity index is 1.62. The Morgan fingerprint density at radius 3 is 2.76 bits per heavy atom. The van der Waals surface area contributed by atoms with Gasteiger partial charge in [-0.25, -0.2) is 0 Å². The van der Waals surface area contributed by atoms with Crippen molar-refractivity contribution in [2.24, 2.45) is 7.05 Å². The van der Waals surface area contributed by atoms with Crippen molar-refractivity contribution in [3.05, 3.63) is 30.3 Å². The van der Waals surface area contributed by atoms with Crippen LogP contribution in [0.3, 0.4) is 0 Å². The predicted octanol–water partition coefficient (Wildman–Crippen LogP) is 2.20. The summed E-state index contributed by atoms with van der Waals surface area (Å²) in [7, 11) is 1.98. The molecule has 1 aliphatic rings. The third kappa shape index (κ3) is 3.10. The lowest BCUT2D eigenvalue weighted by molar-refractivity contribution is -0.127. The van der Waals surface area contributed by atoms with Gasteiger partial charge in [-0.3, -0.25) is 4.79 Å². The van der Waals surface area contributed by atoms with Crippen LogP contribution in [-0.4, -0.2) is 44.4 Å². The van der Waals surface area contributed by atoms with Gasteiger partial charge in [0, 0.05) is 37.9 Å². The first-order valence-corrected chi connectivity index (χ1v) is 8.09. The monoisotopic (exact) mass is 302 g/mol. The molecule has 0 N–H and O–H groups in total. The van der Waals surface area contributed by atoms with Crippen molar-refractivity contribution in [1.29, 1.82) is 0 Å². The smallest absolute Gasteiger partial charge is 0.222 e. The molecule has 0 saturated carbocycles. The van der Waals surface area contributed by atoms with Gasteiger partial charge in [0.15, 0.2) is 11.0 Å². The fraction of sp³-hybridized carbons (Fsp3) is 0.400. The number of aromatic nitrogens is 3. The molecule has 6 heteroatoms. The summed E-state index contributed by atoms with van der Waals surface area (Å²) in [5.41, 5.74) is 1.06. The van der Waals surface area contributed by atoms with Gasteiger partial charge in [0.25, 0.3) is 0 Å². The molecule has 110 valence electrons. The maximum atomic E-state index is 11.6. The molecule has 0 atom stereocenters. The van der Waals surface area contributed by atoms with Crippen molar-refractivity contribution in [3.63, 3.8) is 0 Å². The van der Waals surface area contributed by atoms with E-state index in [2.05, 4.69) is 10.2 Å². The molecule has 21 heavy (non-hydrogen) atoms. The van der Waals surface area contributed by atoms with E-state index in [0.717, 1.165) is 41.8 Å². The van der Waals surface area contributed by atoms with Gasteiger partial charge in [0.2, 0.25) is 5.91 Å². The van der Waals surface area contributed by atoms with Gasteiger partial charge in [0.1, 0.15) is 0 Å². The number of thioether (sulfide) groups is 1. The third-order valence-corrected chi connectivity index (χ3v) is 4.63. The minimum absolute atomic E-state index is 0.276. The molecule has 0 unspecified atom stereocenters. The first kappa shape index (κ1) is 14.1. The van der Waals surface area contributed by atoms with Crippen LogP contribution in [0.15, 0.2) is 35.5 Å². The number of nitrogens with zero attached hydrogens (tertiary/aromatic N) is 4. The van der Waals surface area contributed by atoms with Crippen LogP contribution in [0.5, 0.6) is 0 Å². The van der Waals surface area contributed by atoms with E-state index in [9.17, 15) is 4.79 Å². The highest BCUT2D eigenvalue weighted by atomic mass is 32.2. The summed E-state index contributed by atoms with van der Waals surface area (Å²) in [6, 6.07) is 10.0. The molecule has 0 radical (unpaired) electrons. The van der Waals surface area contributed by atoms with Crippen molar-refractivity contribution < 1.29 is 4.79 Å². The molecule has 1 aromatic heterocycles. The van der Waals surface area contributed by atoms with Crippen LogP contribution in [0.4, 0.5) is 0 Å². The summed E-state index contributed by atoms with van der Waals surface area (Å²) in [5, 5.41) is 9.40. The highest BCUT2D eigenvalue weighted by molar-refractivity contribution is 7.99. The summed E-state index contributed by atoms with van der Waals surface area (Å²) in [5.74, 6) is 2.00. The minimum atomic E-state index is 0.276. The Bertz CT molecular complexity index is 626. The van der Waals surface area contributed by atoms with Crippen molar-refractivity contribution in [3.8, 4) is 11.4 Å². The number of likely N-dealkylation sites (tertiary alicyclic amines) is 1. The number of benzene rings is 1. The maximum Gasteiger partial charge on any atom is 0.222 e. The number of carbonyl (C=O) groups is 1. The van der Waals surface area contributed by atoms with Gasteiger partial charge in [-0.05, 0) is 6.42 Å². The van der Waals surface area contributed by atoms with Gasteiger partial charge in [-0.1, -0.05) is 42.1 Å². The number of rotatable bonds is 5. The van der Waals surface area contributed by atoms with E-state index in [1.165, 1.54) is 0 Å². The lowest BCUT2D eigenvalue weighted by Gasteiger charge is -2.14. The summed E-state index contributed by atoms with van der Waals surface area (Å²) in [6.45, 7) is 1.69. The quantitative estimate of drug-likeness (QED) is 0.795. The molecule has 1 amide bonds. The average molecular weight is 302 g/mol. The van der Waals surface area contributed by atoms with Crippen LogP contribution in [0.25, 0.3) is 11.4 Å². The van der Waals surface area contributed by atoms with Crippen LogP contribution in [0, 0.1) is 0 Å². The van der Waals surface area contributed by atoms with Crippen LogP contribution in [0.1, 0.15) is 12.8 Å². The Hall–Kier alpha value is -1.82. The molecule has 5 nitrogen and oxygen atoms in total. The van der Waals surface area contributed by atoms with Crippen molar-refractivity contribution in [2.45, 2.75) is 18.0 Å². The van der Waals surface area contributed by atoms with Gasteiger partial charge < -0.3 is 9.47 Å². The Morgan fingerprint density at radius 1 is 1.24 bits per heavy atom. The topological polar surface area (TPSA) is 51.0 Å². The fourth-order valence-corrected chi connectivity index (χ4v) is 3.34. The molecule has 1 aliphatic heterocycles. The van der Waals surface area contributed by atoms with E-state index >= 15 is 0 Å². The molecule has 0 bridgehead atoms. The standard InChI is InChI=1S/C15H18N4OS/c1-18-14(12-6-3-2-4-7-12)16-17-15(18)21-11-10-19-9-5-8-13(19)20/h2-4,6-7H,5,8-11H2,1H3. The average Bonchev–Trinajstić information content (AvgIpc) is 3.07. The van der Waals surface area contributed by atoms with Crippen molar-refractivity contribution in [1.82, 2.24) is 19.7 Å². The van der Waals surface area contributed by atoms with E-state index < -0.39 is 0 Å². The van der Waals surface area contributed by atoms with E-state index in [1.54, 1.807) is 11.8 Å². The highest BCUT2D eigenvalue weighted by Gasteiger charge is 2.19. The number of hydrogen-bond donors (Lipinski definition) is 0. The second kappa shape index (κ2) is 6.30. The molecule has 0 spiro atoms. The molecule has 0 aliphatic carbocycles. The van der Waals surface area contributed by atoms with Gasteiger partial charge >= 0.3 is 0 Å². The first-order valence-electron chi connectivity index (χ1n) is 7.11. The molecule has 2 heterocycles. The molecule has 1 aromatic carbocycles. The normalized spacial score (nSPS) is 14.9. The number of hydrogen-bond acceptors (Lipinski definition) is 4. The lowest BCUT2D eigenvalue weighted by atomic mass is 10.2. The molecule has 2 aromatic rings. The summed E-state index contributed by atoms with van der Waals surface area (Å²) in [6.07, 6.45) is 1.69. The number of carbonyl (C=O) groups excluding carboxylic acids is 1. The zero-order valence-electron chi connectivity index (χ0n) is 12.0. The minimum Gasteiger partial charge on any atom is -0.342 e. The van der Waals surface area contributed by atoms with Crippen molar-refractivity contribution in [2.75, 3.05) is 18.8 Å². The van der Waals surface area contributed by atoms with E-state index in [4.69, 9.17) is 0 Å². The third-order valence-electron chi connectivity index (χ3n) is 3.63. The Labute approximate surface area is 128 Å². The second-order valence-corrected chi connectivity index (χ2v) is 6.13. The lowest BCUT2D eigenvalue weighted by Crippen LogP contribution is -2.26. The van der Waals surface area contributed by atoms with E-state index in [1.807, 2.05) is 46.8 Å². The SMILES string of the molecule is Cn1c(SCCN2CCCC2=O)nnc1-c1ccccc1. The molecular weight excluding hydrogens is 284 g/mol. The van der Waals surface area contributed by atoms with Crippen LogP contribution in [-0.2, 0) is 11.8 Å². The second-order valence-electron chi connectivity index (χ2n) is 5.06. The maximum absolute atomic E-state index is 11.6. The predicted molar refractivity (Wildman–Crippen MR) is 83.0 cm³/mol. The highest BCUT2D eigenvalue weighted by Crippen LogP contribution is 2.22. The zero-order chi connectivity index (χ0) is 14.7. The first-order chi connectivity index (χ1) is 10.3. The van der Waals surface area contributed by atoms with Crippen LogP contribution < -0.4 is 0 Å². The van der Waals surface area contributed by atoms with Crippen LogP contribution in [0.2, 0.25) is 0 Å². The van der Waals surface area contributed by atoms with Gasteiger partial charge in [-0.2, -0.15) is 0 Å². The fourth-order valence-electron chi connectivity index (χ4n) is 2.47. The zero-order valence-corrected chi connectivity index (χ0v) is 12.8.